The van der Waals surface area contributed by atoms with E-state index in [4.69, 9.17) is 0 Å². The third kappa shape index (κ3) is 7.14. The molecular weight excluding hydrogens is 532 g/mol. The maximum atomic E-state index is 14.7. The fraction of sp³-hybridized carbons (Fsp3) is 0.606. The summed E-state index contributed by atoms with van der Waals surface area (Å²) < 4.78 is 56.8. The van der Waals surface area contributed by atoms with E-state index in [1.807, 2.05) is 6.07 Å². The number of hydrogen-bond donors (Lipinski definition) is 1. The van der Waals surface area contributed by atoms with Crippen molar-refractivity contribution < 1.29 is 27.5 Å². The quantitative estimate of drug-likeness (QED) is 0.290. The third-order valence-corrected chi connectivity index (χ3v) is 10.1. The van der Waals surface area contributed by atoms with Gasteiger partial charge in [-0.05, 0) is 85.9 Å². The highest BCUT2D eigenvalue weighted by Crippen LogP contribution is 2.41. The number of alkyl halides is 2. The smallest absolute Gasteiger partial charge is 0.321 e. The topological polar surface area (TPSA) is 43.8 Å². The summed E-state index contributed by atoms with van der Waals surface area (Å²) in [7, 11) is 0. The summed E-state index contributed by atoms with van der Waals surface area (Å²) in [5.74, 6) is -3.65. The van der Waals surface area contributed by atoms with Crippen LogP contribution in [0.1, 0.15) is 68.9 Å². The van der Waals surface area contributed by atoms with Crippen molar-refractivity contribution in [3.05, 3.63) is 71.3 Å². The van der Waals surface area contributed by atoms with Gasteiger partial charge in [0, 0.05) is 37.5 Å². The van der Waals surface area contributed by atoms with E-state index in [0.29, 0.717) is 25.4 Å². The molecule has 1 unspecified atom stereocenters. The Bertz CT molecular complexity index is 1160. The lowest BCUT2D eigenvalue weighted by molar-refractivity contribution is -0.146. The zero-order valence-corrected chi connectivity index (χ0v) is 23.8. The van der Waals surface area contributed by atoms with Crippen molar-refractivity contribution in [1.82, 2.24) is 9.80 Å². The highest BCUT2D eigenvalue weighted by Gasteiger charge is 2.44. The van der Waals surface area contributed by atoms with E-state index in [1.165, 1.54) is 18.2 Å². The van der Waals surface area contributed by atoms with Gasteiger partial charge >= 0.3 is 5.97 Å². The molecule has 0 spiro atoms. The standard InChI is InChI=1S/C33H42F4N2O2/c1-22(24-4-2-5-24)31(32(40)41)39-20-26(30(21-39)25-6-3-7-29(35)18-25)19-38-16-13-23(14-17-38)12-15-33(36,37)27-8-10-28(34)11-9-27/h3,6-11,18,22-24,26,30-31H,2,4-5,12-17,19-21H2,1H3,(H,40,41)/t22?,26-,30+,31+/m0/s1. The maximum absolute atomic E-state index is 14.7. The van der Waals surface area contributed by atoms with Gasteiger partial charge < -0.3 is 10.0 Å². The largest absolute Gasteiger partial charge is 0.480 e. The van der Waals surface area contributed by atoms with Gasteiger partial charge in [0.05, 0.1) is 0 Å². The van der Waals surface area contributed by atoms with Crippen LogP contribution in [-0.4, -0.2) is 59.6 Å². The Morgan fingerprint density at radius 3 is 2.32 bits per heavy atom. The van der Waals surface area contributed by atoms with E-state index in [-0.39, 0.29) is 41.5 Å². The van der Waals surface area contributed by atoms with Gasteiger partial charge in [-0.25, -0.2) is 17.6 Å². The number of rotatable bonds is 11. The van der Waals surface area contributed by atoms with E-state index >= 15 is 0 Å². The van der Waals surface area contributed by atoms with Crippen LogP contribution in [0.5, 0.6) is 0 Å². The summed E-state index contributed by atoms with van der Waals surface area (Å²) in [4.78, 5) is 17.0. The average Bonchev–Trinajstić information content (AvgIpc) is 3.30. The number of carbonyl (C=O) groups is 1. The number of benzene rings is 2. The molecule has 0 aromatic heterocycles. The van der Waals surface area contributed by atoms with Crippen LogP contribution in [0.25, 0.3) is 0 Å². The van der Waals surface area contributed by atoms with Gasteiger partial charge in [0.25, 0.3) is 5.92 Å². The Balaban J connectivity index is 1.20. The molecule has 2 saturated heterocycles. The second kappa shape index (κ2) is 12.8. The number of piperidine rings is 1. The van der Waals surface area contributed by atoms with Crippen LogP contribution in [0.3, 0.4) is 0 Å². The molecule has 0 radical (unpaired) electrons. The van der Waals surface area contributed by atoms with Crippen molar-refractivity contribution >= 4 is 5.97 Å². The summed E-state index contributed by atoms with van der Waals surface area (Å²) in [6.07, 6.45) is 5.16. The Morgan fingerprint density at radius 2 is 1.71 bits per heavy atom. The minimum atomic E-state index is -2.98. The minimum Gasteiger partial charge on any atom is -0.480 e. The van der Waals surface area contributed by atoms with Gasteiger partial charge in [-0.3, -0.25) is 9.69 Å². The fourth-order valence-electron chi connectivity index (χ4n) is 7.38. The van der Waals surface area contributed by atoms with Gasteiger partial charge in [0.15, 0.2) is 0 Å². The molecule has 2 aromatic carbocycles. The summed E-state index contributed by atoms with van der Waals surface area (Å²) in [5.41, 5.74) is 0.771. The molecule has 3 aliphatic rings. The fourth-order valence-corrected chi connectivity index (χ4v) is 7.38. The highest BCUT2D eigenvalue weighted by atomic mass is 19.3. The molecule has 5 rings (SSSR count). The molecule has 41 heavy (non-hydrogen) atoms. The van der Waals surface area contributed by atoms with Crippen LogP contribution >= 0.6 is 0 Å². The highest BCUT2D eigenvalue weighted by molar-refractivity contribution is 5.74. The molecule has 8 heteroatoms. The van der Waals surface area contributed by atoms with Crippen LogP contribution in [0.4, 0.5) is 17.6 Å². The van der Waals surface area contributed by atoms with Crippen molar-refractivity contribution in [2.45, 2.75) is 69.8 Å². The van der Waals surface area contributed by atoms with E-state index in [9.17, 15) is 27.5 Å². The van der Waals surface area contributed by atoms with Gasteiger partial charge in [0.2, 0.25) is 0 Å². The van der Waals surface area contributed by atoms with Gasteiger partial charge in [0.1, 0.15) is 17.7 Å². The number of halogens is 4. The lowest BCUT2D eigenvalue weighted by atomic mass is 9.73. The summed E-state index contributed by atoms with van der Waals surface area (Å²) in [6.45, 7) is 5.70. The maximum Gasteiger partial charge on any atom is 0.321 e. The monoisotopic (exact) mass is 574 g/mol. The first-order chi connectivity index (χ1) is 19.6. The summed E-state index contributed by atoms with van der Waals surface area (Å²) >= 11 is 0. The summed E-state index contributed by atoms with van der Waals surface area (Å²) in [5, 5.41) is 10.2. The zero-order chi connectivity index (χ0) is 29.1. The molecule has 0 bridgehead atoms. The van der Waals surface area contributed by atoms with Crippen LogP contribution in [0.2, 0.25) is 0 Å². The van der Waals surface area contributed by atoms with Crippen molar-refractivity contribution in [2.75, 3.05) is 32.7 Å². The van der Waals surface area contributed by atoms with E-state index in [2.05, 4.69) is 16.7 Å². The van der Waals surface area contributed by atoms with Crippen molar-refractivity contribution in [2.24, 2.45) is 23.7 Å². The SMILES string of the molecule is CC(C1CCC1)[C@H](C(=O)O)N1C[C@H](CN2CCC(CCC(F)(F)c3ccc(F)cc3)CC2)[C@@H](c2cccc(F)c2)C1. The van der Waals surface area contributed by atoms with Gasteiger partial charge in [-0.15, -0.1) is 0 Å². The van der Waals surface area contributed by atoms with E-state index < -0.39 is 23.8 Å². The zero-order valence-electron chi connectivity index (χ0n) is 23.8. The molecule has 3 fully saturated rings. The first-order valence-corrected chi connectivity index (χ1v) is 15.2. The first-order valence-electron chi connectivity index (χ1n) is 15.2. The molecule has 2 aromatic rings. The minimum absolute atomic E-state index is 0.0354. The third-order valence-electron chi connectivity index (χ3n) is 10.1. The normalized spacial score (nSPS) is 24.7. The number of carboxylic acids is 1. The number of likely N-dealkylation sites (tertiary alicyclic amines) is 2. The lowest BCUT2D eigenvalue weighted by Gasteiger charge is -2.38. The van der Waals surface area contributed by atoms with Crippen molar-refractivity contribution in [3.8, 4) is 0 Å². The predicted octanol–water partition coefficient (Wildman–Crippen LogP) is 7.15. The molecule has 1 saturated carbocycles. The Labute approximate surface area is 240 Å². The summed E-state index contributed by atoms with van der Waals surface area (Å²) in [6, 6.07) is 10.6. The van der Waals surface area contributed by atoms with E-state index in [0.717, 1.165) is 69.4 Å². The molecule has 224 valence electrons. The predicted molar refractivity (Wildman–Crippen MR) is 151 cm³/mol. The van der Waals surface area contributed by atoms with Gasteiger partial charge in [-0.2, -0.15) is 0 Å². The van der Waals surface area contributed by atoms with Crippen LogP contribution in [0.15, 0.2) is 48.5 Å². The first kappa shape index (κ1) is 30.0. The Morgan fingerprint density at radius 1 is 1.00 bits per heavy atom. The second-order valence-corrected chi connectivity index (χ2v) is 12.7. The Kier molecular flexibility index (Phi) is 9.39. The molecule has 4 nitrogen and oxygen atoms in total. The molecule has 2 aliphatic heterocycles. The van der Waals surface area contributed by atoms with Crippen LogP contribution < -0.4 is 0 Å². The Hall–Kier alpha value is -2.45. The van der Waals surface area contributed by atoms with Crippen LogP contribution in [0, 0.1) is 35.3 Å². The molecule has 0 amide bonds. The number of carboxylic acid groups (broad SMARTS) is 1. The van der Waals surface area contributed by atoms with Crippen molar-refractivity contribution in [3.63, 3.8) is 0 Å². The lowest BCUT2D eigenvalue weighted by Crippen LogP contribution is -2.48. The number of hydrogen-bond acceptors (Lipinski definition) is 3. The number of nitrogens with zero attached hydrogens (tertiary/aromatic N) is 2. The average molecular weight is 575 g/mol. The van der Waals surface area contributed by atoms with Gasteiger partial charge in [-0.1, -0.05) is 50.5 Å². The molecule has 4 atom stereocenters. The second-order valence-electron chi connectivity index (χ2n) is 12.7. The van der Waals surface area contributed by atoms with Crippen molar-refractivity contribution in [1.29, 1.82) is 0 Å². The molecular formula is C33H42F4N2O2. The van der Waals surface area contributed by atoms with Crippen LogP contribution in [-0.2, 0) is 10.7 Å². The number of aliphatic carboxylic acids is 1. The molecule has 1 aliphatic carbocycles. The molecule has 2 heterocycles. The van der Waals surface area contributed by atoms with E-state index in [1.54, 1.807) is 12.1 Å². The molecule has 1 N–H and O–H groups in total.